The summed E-state index contributed by atoms with van der Waals surface area (Å²) in [5.41, 5.74) is 0.156. The number of hydrogen-bond donors (Lipinski definition) is 1. The molecule has 0 aliphatic carbocycles. The maximum atomic E-state index is 12.4. The van der Waals surface area contributed by atoms with E-state index in [2.05, 4.69) is 0 Å². The zero-order valence-corrected chi connectivity index (χ0v) is 15.4. The molecule has 1 aliphatic rings. The molecule has 2 atom stereocenters. The molecule has 0 aromatic heterocycles. The quantitative estimate of drug-likeness (QED) is 0.378. The first-order chi connectivity index (χ1) is 12.2. The third-order valence-electron chi connectivity index (χ3n) is 3.94. The average Bonchev–Trinajstić information content (AvgIpc) is 2.66. The van der Waals surface area contributed by atoms with Crippen molar-refractivity contribution in [3.63, 3.8) is 0 Å². The lowest BCUT2D eigenvalue weighted by Gasteiger charge is -2.24. The number of esters is 2. The standard InChI is InChI=1S/C19H26N2O5/c1-19(2,3)26-18(24)15-10-9-14(12-21(20)17(15)23)25-16(22)11-13-7-5-4-6-8-13/h4-8,14-15H,9-12,20H2,1-3H3/t14-,15+/m1/s1. The van der Waals surface area contributed by atoms with E-state index in [1.807, 2.05) is 30.3 Å². The molecule has 2 N–H and O–H groups in total. The Bertz CT molecular complexity index is 654. The van der Waals surface area contributed by atoms with Gasteiger partial charge in [0, 0.05) is 0 Å². The predicted molar refractivity (Wildman–Crippen MR) is 94.5 cm³/mol. The van der Waals surface area contributed by atoms with Gasteiger partial charge in [-0.05, 0) is 39.2 Å². The highest BCUT2D eigenvalue weighted by Gasteiger charge is 2.38. The van der Waals surface area contributed by atoms with Crippen molar-refractivity contribution >= 4 is 17.8 Å². The van der Waals surface area contributed by atoms with E-state index in [1.54, 1.807) is 20.8 Å². The summed E-state index contributed by atoms with van der Waals surface area (Å²) in [5.74, 6) is 3.29. The zero-order chi connectivity index (χ0) is 19.3. The zero-order valence-electron chi connectivity index (χ0n) is 15.4. The molecule has 0 saturated carbocycles. The first kappa shape index (κ1) is 19.9. The topological polar surface area (TPSA) is 98.9 Å². The van der Waals surface area contributed by atoms with Gasteiger partial charge in [0.05, 0.1) is 13.0 Å². The highest BCUT2D eigenvalue weighted by atomic mass is 16.6. The number of nitrogens with zero attached hydrogens (tertiary/aromatic N) is 1. The molecular weight excluding hydrogens is 336 g/mol. The first-order valence-electron chi connectivity index (χ1n) is 8.68. The lowest BCUT2D eigenvalue weighted by atomic mass is 10.0. The molecule has 0 spiro atoms. The number of carbonyl (C=O) groups excluding carboxylic acids is 3. The summed E-state index contributed by atoms with van der Waals surface area (Å²) in [6.45, 7) is 5.26. The van der Waals surface area contributed by atoms with Crippen LogP contribution in [0.2, 0.25) is 0 Å². The molecule has 26 heavy (non-hydrogen) atoms. The van der Waals surface area contributed by atoms with Gasteiger partial charge in [-0.15, -0.1) is 0 Å². The minimum atomic E-state index is -0.975. The van der Waals surface area contributed by atoms with Gasteiger partial charge in [-0.2, -0.15) is 0 Å². The van der Waals surface area contributed by atoms with Crippen molar-refractivity contribution in [2.24, 2.45) is 11.8 Å². The highest BCUT2D eigenvalue weighted by Crippen LogP contribution is 2.22. The second-order valence-corrected chi connectivity index (χ2v) is 7.43. The van der Waals surface area contributed by atoms with Crippen LogP contribution in [-0.2, 0) is 30.3 Å². The van der Waals surface area contributed by atoms with Crippen LogP contribution in [0.3, 0.4) is 0 Å². The number of ether oxygens (including phenoxy) is 2. The summed E-state index contributed by atoms with van der Waals surface area (Å²) in [7, 11) is 0. The van der Waals surface area contributed by atoms with Crippen LogP contribution < -0.4 is 5.84 Å². The van der Waals surface area contributed by atoms with Crippen LogP contribution in [0.15, 0.2) is 30.3 Å². The van der Waals surface area contributed by atoms with Gasteiger partial charge in [-0.3, -0.25) is 19.4 Å². The number of hydrogen-bond acceptors (Lipinski definition) is 6. The van der Waals surface area contributed by atoms with Crippen molar-refractivity contribution in [2.45, 2.75) is 51.7 Å². The van der Waals surface area contributed by atoms with E-state index in [0.29, 0.717) is 6.42 Å². The molecular formula is C19H26N2O5. The fourth-order valence-electron chi connectivity index (χ4n) is 2.75. The van der Waals surface area contributed by atoms with E-state index in [1.165, 1.54) is 0 Å². The Morgan fingerprint density at radius 3 is 2.46 bits per heavy atom. The molecule has 7 heteroatoms. The van der Waals surface area contributed by atoms with Crippen molar-refractivity contribution in [3.05, 3.63) is 35.9 Å². The van der Waals surface area contributed by atoms with Crippen LogP contribution >= 0.6 is 0 Å². The molecule has 1 amide bonds. The molecule has 1 aliphatic heterocycles. The van der Waals surface area contributed by atoms with E-state index >= 15 is 0 Å². The van der Waals surface area contributed by atoms with E-state index in [9.17, 15) is 14.4 Å². The van der Waals surface area contributed by atoms with Gasteiger partial charge in [0.15, 0.2) is 0 Å². The maximum Gasteiger partial charge on any atom is 0.319 e. The van der Waals surface area contributed by atoms with Gasteiger partial charge in [0.2, 0.25) is 0 Å². The van der Waals surface area contributed by atoms with E-state index in [0.717, 1.165) is 10.6 Å². The number of amides is 1. The second kappa shape index (κ2) is 8.31. The minimum absolute atomic E-state index is 0.0542. The van der Waals surface area contributed by atoms with Crippen LogP contribution in [0.25, 0.3) is 0 Å². The molecule has 0 bridgehead atoms. The summed E-state index contributed by atoms with van der Waals surface area (Å²) < 4.78 is 10.8. The molecule has 1 aromatic carbocycles. The third kappa shape index (κ3) is 5.84. The largest absolute Gasteiger partial charge is 0.460 e. The Kier molecular flexibility index (Phi) is 6.37. The number of nitrogens with two attached hydrogens (primary N) is 1. The number of benzene rings is 1. The fourth-order valence-corrected chi connectivity index (χ4v) is 2.75. The Labute approximate surface area is 153 Å². The van der Waals surface area contributed by atoms with Gasteiger partial charge in [0.1, 0.15) is 17.6 Å². The molecule has 1 heterocycles. The van der Waals surface area contributed by atoms with Gasteiger partial charge < -0.3 is 9.47 Å². The molecule has 1 saturated heterocycles. The van der Waals surface area contributed by atoms with E-state index in [-0.39, 0.29) is 19.4 Å². The summed E-state index contributed by atoms with van der Waals surface area (Å²) in [4.78, 5) is 36.7. The molecule has 0 unspecified atom stereocenters. The second-order valence-electron chi connectivity index (χ2n) is 7.43. The van der Waals surface area contributed by atoms with E-state index in [4.69, 9.17) is 15.3 Å². The summed E-state index contributed by atoms with van der Waals surface area (Å²) in [6, 6.07) is 9.24. The monoisotopic (exact) mass is 362 g/mol. The normalized spacial score (nSPS) is 21.1. The Balaban J connectivity index is 1.96. The summed E-state index contributed by atoms with van der Waals surface area (Å²) in [6.07, 6.45) is 0.188. The maximum absolute atomic E-state index is 12.4. The number of hydrazine groups is 1. The number of carbonyl (C=O) groups is 3. The first-order valence-corrected chi connectivity index (χ1v) is 8.68. The Hall–Kier alpha value is -2.41. The Morgan fingerprint density at radius 2 is 1.85 bits per heavy atom. The van der Waals surface area contributed by atoms with E-state index < -0.39 is 35.5 Å². The molecule has 142 valence electrons. The SMILES string of the molecule is CC(C)(C)OC(=O)[C@H]1CC[C@@H](OC(=O)Cc2ccccc2)CN(N)C1=O. The van der Waals surface area contributed by atoms with Crippen molar-refractivity contribution < 1.29 is 23.9 Å². The van der Waals surface area contributed by atoms with Gasteiger partial charge in [0.25, 0.3) is 5.91 Å². The number of rotatable bonds is 4. The van der Waals surface area contributed by atoms with Crippen LogP contribution in [-0.4, -0.2) is 41.1 Å². The summed E-state index contributed by atoms with van der Waals surface area (Å²) in [5, 5.41) is 0.946. The van der Waals surface area contributed by atoms with Crippen LogP contribution in [0.1, 0.15) is 39.2 Å². The predicted octanol–water partition coefficient (Wildman–Crippen LogP) is 1.59. The third-order valence-corrected chi connectivity index (χ3v) is 3.94. The smallest absolute Gasteiger partial charge is 0.319 e. The van der Waals surface area contributed by atoms with Crippen molar-refractivity contribution in [2.75, 3.05) is 6.54 Å². The van der Waals surface area contributed by atoms with Crippen LogP contribution in [0.4, 0.5) is 0 Å². The molecule has 2 rings (SSSR count). The highest BCUT2D eigenvalue weighted by molar-refractivity contribution is 5.97. The van der Waals surface area contributed by atoms with Crippen molar-refractivity contribution in [1.29, 1.82) is 0 Å². The van der Waals surface area contributed by atoms with Gasteiger partial charge >= 0.3 is 11.9 Å². The minimum Gasteiger partial charge on any atom is -0.460 e. The lowest BCUT2D eigenvalue weighted by molar-refractivity contribution is -0.165. The molecule has 1 fully saturated rings. The van der Waals surface area contributed by atoms with Crippen LogP contribution in [0, 0.1) is 5.92 Å². The molecule has 0 radical (unpaired) electrons. The summed E-state index contributed by atoms with van der Waals surface area (Å²) >= 11 is 0. The van der Waals surface area contributed by atoms with Crippen molar-refractivity contribution in [1.82, 2.24) is 5.01 Å². The van der Waals surface area contributed by atoms with Gasteiger partial charge in [-0.25, -0.2) is 5.84 Å². The van der Waals surface area contributed by atoms with Gasteiger partial charge in [-0.1, -0.05) is 30.3 Å². The Morgan fingerprint density at radius 1 is 1.19 bits per heavy atom. The average molecular weight is 362 g/mol. The molecule has 1 aromatic rings. The van der Waals surface area contributed by atoms with Crippen LogP contribution in [0.5, 0.6) is 0 Å². The van der Waals surface area contributed by atoms with Crippen molar-refractivity contribution in [3.8, 4) is 0 Å². The fraction of sp³-hybridized carbons (Fsp3) is 0.526. The molecule has 7 nitrogen and oxygen atoms in total. The lowest BCUT2D eigenvalue weighted by Crippen LogP contribution is -2.46.